The van der Waals surface area contributed by atoms with Gasteiger partial charge in [0.1, 0.15) is 0 Å². The summed E-state index contributed by atoms with van der Waals surface area (Å²) in [6.45, 7) is 6.31. The first-order valence-electron chi connectivity index (χ1n) is 4.90. The van der Waals surface area contributed by atoms with Crippen LogP contribution in [0.15, 0.2) is 30.3 Å². The van der Waals surface area contributed by atoms with Crippen LogP contribution in [0, 0.1) is 0 Å². The first kappa shape index (κ1) is 21.4. The molecule has 0 heterocycles. The molecule has 0 atom stereocenters. The summed E-state index contributed by atoms with van der Waals surface area (Å²) < 4.78 is 0. The van der Waals surface area contributed by atoms with Crippen molar-refractivity contribution < 1.29 is 21.2 Å². The fourth-order valence-electron chi connectivity index (χ4n) is 0.453. The van der Waals surface area contributed by atoms with Gasteiger partial charge in [0.2, 0.25) is 0 Å². The molecule has 0 fully saturated rings. The molecule has 5 heteroatoms. The van der Waals surface area contributed by atoms with Crippen molar-refractivity contribution in [2.45, 2.75) is 38.9 Å². The molecule has 0 saturated carbocycles. The number of hydrogen-bond acceptors (Lipinski definition) is 4. The van der Waals surface area contributed by atoms with Gasteiger partial charge in [0.15, 0.2) is 0 Å². The van der Waals surface area contributed by atoms with E-state index < -0.39 is 11.2 Å². The number of rotatable bonds is 1. The van der Waals surface area contributed by atoms with Crippen molar-refractivity contribution in [2.75, 3.05) is 0 Å². The SMILES string of the molecule is CC(C)(O)C(C)(C)O.[B+2]c1ccccc1.[OH-].[OH-]. The van der Waals surface area contributed by atoms with Gasteiger partial charge in [-0.2, -0.15) is 0 Å². The third-order valence-corrected chi connectivity index (χ3v) is 2.30. The Kier molecular flexibility index (Phi) is 10.4. The number of aliphatic hydroxyl groups is 2. The first-order chi connectivity index (χ1) is 6.64. The van der Waals surface area contributed by atoms with E-state index in [1.54, 1.807) is 27.7 Å². The van der Waals surface area contributed by atoms with Gasteiger partial charge < -0.3 is 21.2 Å². The first-order valence-corrected chi connectivity index (χ1v) is 4.90. The van der Waals surface area contributed by atoms with Gasteiger partial charge in [0, 0.05) is 0 Å². The molecule has 0 aliphatic heterocycles. The number of hydrogen-bond donors (Lipinski definition) is 2. The van der Waals surface area contributed by atoms with Crippen LogP contribution in [0.5, 0.6) is 0 Å². The number of benzene rings is 1. The van der Waals surface area contributed by atoms with Gasteiger partial charge in [-0.05, 0) is 27.7 Å². The van der Waals surface area contributed by atoms with E-state index in [1.807, 2.05) is 30.3 Å². The quantitative estimate of drug-likeness (QED) is 0.704. The van der Waals surface area contributed by atoms with Crippen LogP contribution < -0.4 is 5.46 Å². The molecular formula is C12H21BO4. The van der Waals surface area contributed by atoms with Crippen LogP contribution in [0.25, 0.3) is 0 Å². The Labute approximate surface area is 104 Å². The van der Waals surface area contributed by atoms with E-state index in [4.69, 9.17) is 18.1 Å². The standard InChI is InChI=1S/C6H5B.C6H14O2.2H2O/c7-6-4-2-1-3-5-6;1-5(2,7)6(3,4)8;;/h1-5H;7-8H,1-4H3;2*1H2/q+2;;;/p-2. The summed E-state index contributed by atoms with van der Waals surface area (Å²) in [7, 11) is 5.36. The molecule has 0 aliphatic carbocycles. The van der Waals surface area contributed by atoms with E-state index in [0.717, 1.165) is 5.46 Å². The summed E-state index contributed by atoms with van der Waals surface area (Å²) in [6, 6.07) is 9.49. The Hall–Kier alpha value is -0.875. The summed E-state index contributed by atoms with van der Waals surface area (Å²) in [5.74, 6) is 0. The van der Waals surface area contributed by atoms with Crippen LogP contribution in [0.4, 0.5) is 0 Å². The van der Waals surface area contributed by atoms with Crippen molar-refractivity contribution >= 4 is 13.3 Å². The van der Waals surface area contributed by atoms with Crippen LogP contribution in [-0.2, 0) is 0 Å². The molecule has 1 rings (SSSR count). The molecule has 17 heavy (non-hydrogen) atoms. The van der Waals surface area contributed by atoms with Crippen LogP contribution in [0.2, 0.25) is 0 Å². The van der Waals surface area contributed by atoms with Gasteiger partial charge in [-0.1, -0.05) is 0 Å². The second kappa shape index (κ2) is 8.25. The topological polar surface area (TPSA) is 100 Å². The van der Waals surface area contributed by atoms with Crippen molar-refractivity contribution in [3.8, 4) is 0 Å². The molecule has 0 aliphatic rings. The average Bonchev–Trinajstić information content (AvgIpc) is 2.02. The van der Waals surface area contributed by atoms with Crippen molar-refractivity contribution in [2.24, 2.45) is 0 Å². The molecule has 0 spiro atoms. The minimum Gasteiger partial charge on any atom is -0.870 e. The van der Waals surface area contributed by atoms with Crippen LogP contribution in [0.3, 0.4) is 0 Å². The summed E-state index contributed by atoms with van der Waals surface area (Å²) in [5.41, 5.74) is -1.19. The molecule has 0 amide bonds. The van der Waals surface area contributed by atoms with Crippen molar-refractivity contribution in [1.29, 1.82) is 0 Å². The fourth-order valence-corrected chi connectivity index (χ4v) is 0.453. The van der Waals surface area contributed by atoms with E-state index in [1.165, 1.54) is 0 Å². The van der Waals surface area contributed by atoms with E-state index in [9.17, 15) is 0 Å². The maximum Gasteiger partial charge on any atom is -0.870 e. The zero-order valence-electron chi connectivity index (χ0n) is 10.8. The second-order valence-corrected chi connectivity index (χ2v) is 4.53. The zero-order valence-corrected chi connectivity index (χ0v) is 10.8. The summed E-state index contributed by atoms with van der Waals surface area (Å²) in [4.78, 5) is 0. The molecule has 1 aromatic rings. The predicted molar refractivity (Wildman–Crippen MR) is 68.3 cm³/mol. The largest absolute Gasteiger partial charge is 0.870 e. The summed E-state index contributed by atoms with van der Waals surface area (Å²) in [5, 5.41) is 18.2. The van der Waals surface area contributed by atoms with Crippen molar-refractivity contribution in [3.05, 3.63) is 30.3 Å². The van der Waals surface area contributed by atoms with E-state index in [0.29, 0.717) is 0 Å². The fraction of sp³-hybridized carbons (Fsp3) is 0.500. The molecule has 0 saturated heterocycles. The third-order valence-electron chi connectivity index (χ3n) is 2.30. The predicted octanol–water partition coefficient (Wildman–Crippen LogP) is 0.655. The van der Waals surface area contributed by atoms with Gasteiger partial charge in [0.25, 0.3) is 0 Å². The molecular weight excluding hydrogens is 219 g/mol. The zero-order chi connectivity index (χ0) is 12.1. The maximum atomic E-state index is 9.10. The van der Waals surface area contributed by atoms with Crippen LogP contribution in [0.1, 0.15) is 27.7 Å². The van der Waals surface area contributed by atoms with Crippen LogP contribution in [-0.4, -0.2) is 40.2 Å². The van der Waals surface area contributed by atoms with Crippen molar-refractivity contribution in [3.63, 3.8) is 0 Å². The van der Waals surface area contributed by atoms with Gasteiger partial charge >= 0.3 is 43.6 Å². The Balaban J connectivity index is -0.000000207. The molecule has 96 valence electrons. The monoisotopic (exact) mass is 240 g/mol. The Bertz CT molecular complexity index is 263. The Morgan fingerprint density at radius 3 is 1.24 bits per heavy atom. The van der Waals surface area contributed by atoms with Crippen LogP contribution >= 0.6 is 0 Å². The second-order valence-electron chi connectivity index (χ2n) is 4.53. The van der Waals surface area contributed by atoms with E-state index in [2.05, 4.69) is 0 Å². The van der Waals surface area contributed by atoms with Gasteiger partial charge in [-0.3, -0.25) is 0 Å². The molecule has 0 unspecified atom stereocenters. The molecule has 0 radical (unpaired) electrons. The maximum absolute atomic E-state index is 9.10. The molecule has 4 nitrogen and oxygen atoms in total. The van der Waals surface area contributed by atoms with E-state index >= 15 is 0 Å². The molecule has 4 N–H and O–H groups in total. The Morgan fingerprint density at radius 2 is 1.12 bits per heavy atom. The average molecular weight is 240 g/mol. The molecule has 0 bridgehead atoms. The normalized spacial score (nSPS) is 10.4. The minimum atomic E-state index is -1.01. The van der Waals surface area contributed by atoms with Gasteiger partial charge in [0.05, 0.1) is 11.2 Å². The van der Waals surface area contributed by atoms with Gasteiger partial charge in [-0.25, -0.2) is 0 Å². The third kappa shape index (κ3) is 10.0. The molecule has 0 aromatic heterocycles. The molecule has 1 aromatic carbocycles. The van der Waals surface area contributed by atoms with E-state index in [-0.39, 0.29) is 11.0 Å². The Morgan fingerprint density at radius 1 is 0.824 bits per heavy atom. The minimum absolute atomic E-state index is 0. The summed E-state index contributed by atoms with van der Waals surface area (Å²) in [6.07, 6.45) is 0. The smallest absolute Gasteiger partial charge is 0.870 e. The van der Waals surface area contributed by atoms with Gasteiger partial charge in [-0.15, -0.1) is 0 Å². The summed E-state index contributed by atoms with van der Waals surface area (Å²) >= 11 is 0. The van der Waals surface area contributed by atoms with Crippen molar-refractivity contribution in [1.82, 2.24) is 0 Å².